The van der Waals surface area contributed by atoms with E-state index in [-0.39, 0.29) is 17.9 Å². The minimum absolute atomic E-state index is 0.0286. The van der Waals surface area contributed by atoms with E-state index in [1.165, 1.54) is 0 Å². The zero-order valence-corrected chi connectivity index (χ0v) is 13.1. The summed E-state index contributed by atoms with van der Waals surface area (Å²) < 4.78 is 0. The summed E-state index contributed by atoms with van der Waals surface area (Å²) in [6.45, 7) is 5.08. The van der Waals surface area contributed by atoms with Crippen molar-refractivity contribution in [3.63, 3.8) is 0 Å². The first-order valence-corrected chi connectivity index (χ1v) is 7.87. The van der Waals surface area contributed by atoms with E-state index in [1.54, 1.807) is 19.4 Å². The maximum absolute atomic E-state index is 12.8. The first-order chi connectivity index (χ1) is 10.6. The number of nitrogens with one attached hydrogen (secondary N) is 2. The standard InChI is InChI=1S/C15H23N5O2/c1-3-19-8-9-20(10-11(19)12-17-6-7-18-12)14(22)15(4-5-15)13(21)16-2/h6-7,11H,3-5,8-10H2,1-2H3,(H,16,21)(H,17,18)/t11-/m0/s1. The highest BCUT2D eigenvalue weighted by Crippen LogP contribution is 2.48. The predicted octanol–water partition coefficient (Wildman–Crippen LogP) is 0.141. The summed E-state index contributed by atoms with van der Waals surface area (Å²) in [6, 6.07) is 0.0678. The third-order valence-corrected chi connectivity index (χ3v) is 4.84. The van der Waals surface area contributed by atoms with Crippen LogP contribution in [0.5, 0.6) is 0 Å². The molecule has 1 aromatic rings. The van der Waals surface area contributed by atoms with E-state index in [4.69, 9.17) is 0 Å². The van der Waals surface area contributed by atoms with Gasteiger partial charge in [-0.05, 0) is 19.4 Å². The zero-order chi connectivity index (χ0) is 15.7. The number of H-pyrrole nitrogens is 1. The number of hydrogen-bond acceptors (Lipinski definition) is 4. The van der Waals surface area contributed by atoms with Crippen molar-refractivity contribution in [1.82, 2.24) is 25.1 Å². The number of piperazine rings is 1. The molecule has 3 rings (SSSR count). The van der Waals surface area contributed by atoms with Crippen LogP contribution in [0, 0.1) is 5.41 Å². The van der Waals surface area contributed by atoms with E-state index < -0.39 is 5.41 Å². The van der Waals surface area contributed by atoms with E-state index >= 15 is 0 Å². The average Bonchev–Trinajstić information content (AvgIpc) is 3.19. The molecule has 1 aliphatic carbocycles. The van der Waals surface area contributed by atoms with Gasteiger partial charge < -0.3 is 15.2 Å². The number of aromatic nitrogens is 2. The van der Waals surface area contributed by atoms with Crippen molar-refractivity contribution in [1.29, 1.82) is 0 Å². The van der Waals surface area contributed by atoms with Crippen molar-refractivity contribution in [2.75, 3.05) is 33.2 Å². The van der Waals surface area contributed by atoms with Crippen molar-refractivity contribution < 1.29 is 9.59 Å². The molecular formula is C15H23N5O2. The Balaban J connectivity index is 1.76. The van der Waals surface area contributed by atoms with Gasteiger partial charge >= 0.3 is 0 Å². The first-order valence-electron chi connectivity index (χ1n) is 7.87. The lowest BCUT2D eigenvalue weighted by Crippen LogP contribution is -2.54. The Kier molecular flexibility index (Phi) is 3.90. The van der Waals surface area contributed by atoms with E-state index in [0.717, 1.165) is 18.9 Å². The van der Waals surface area contributed by atoms with Gasteiger partial charge in [-0.1, -0.05) is 6.92 Å². The maximum Gasteiger partial charge on any atom is 0.238 e. The van der Waals surface area contributed by atoms with E-state index in [2.05, 4.69) is 27.1 Å². The molecule has 1 aliphatic heterocycles. The molecule has 2 fully saturated rings. The van der Waals surface area contributed by atoms with Gasteiger partial charge in [0.05, 0.1) is 6.04 Å². The lowest BCUT2D eigenvalue weighted by molar-refractivity contribution is -0.146. The Hall–Kier alpha value is -1.89. The lowest BCUT2D eigenvalue weighted by atomic mass is 10.0. The Labute approximate surface area is 130 Å². The number of carbonyl (C=O) groups is 2. The number of likely N-dealkylation sites (N-methyl/N-ethyl adjacent to an activating group) is 1. The van der Waals surface area contributed by atoms with E-state index in [0.29, 0.717) is 25.9 Å². The van der Waals surface area contributed by atoms with E-state index in [1.807, 2.05) is 4.90 Å². The van der Waals surface area contributed by atoms with Gasteiger partial charge in [-0.2, -0.15) is 0 Å². The van der Waals surface area contributed by atoms with Crippen molar-refractivity contribution in [3.8, 4) is 0 Å². The van der Waals surface area contributed by atoms with Gasteiger partial charge in [0.15, 0.2) is 0 Å². The number of amides is 2. The highest BCUT2D eigenvalue weighted by molar-refractivity contribution is 6.07. The van der Waals surface area contributed by atoms with Gasteiger partial charge in [0.25, 0.3) is 0 Å². The SMILES string of the molecule is CCN1CCN(C(=O)C2(C(=O)NC)CC2)C[C@H]1c1ncc[nH]1. The van der Waals surface area contributed by atoms with Crippen molar-refractivity contribution in [3.05, 3.63) is 18.2 Å². The van der Waals surface area contributed by atoms with Crippen LogP contribution in [0.15, 0.2) is 12.4 Å². The molecule has 1 aromatic heterocycles. The molecule has 7 heteroatoms. The molecule has 1 saturated heterocycles. The van der Waals surface area contributed by atoms with Crippen molar-refractivity contribution in [2.24, 2.45) is 5.41 Å². The van der Waals surface area contributed by atoms with Gasteiger partial charge in [0.1, 0.15) is 11.2 Å². The molecule has 0 bridgehead atoms. The van der Waals surface area contributed by atoms with Crippen molar-refractivity contribution >= 4 is 11.8 Å². The van der Waals surface area contributed by atoms with Gasteiger partial charge in [-0.25, -0.2) is 4.98 Å². The lowest BCUT2D eigenvalue weighted by Gasteiger charge is -2.41. The van der Waals surface area contributed by atoms with Crippen LogP contribution < -0.4 is 5.32 Å². The maximum atomic E-state index is 12.8. The van der Waals surface area contributed by atoms with Crippen LogP contribution >= 0.6 is 0 Å². The normalized spacial score (nSPS) is 24.1. The minimum Gasteiger partial charge on any atom is -0.358 e. The Bertz CT molecular complexity index is 552. The van der Waals surface area contributed by atoms with Gasteiger partial charge in [-0.3, -0.25) is 14.5 Å². The summed E-state index contributed by atoms with van der Waals surface area (Å²) in [7, 11) is 1.59. The van der Waals surface area contributed by atoms with Gasteiger partial charge in [-0.15, -0.1) is 0 Å². The molecule has 2 N–H and O–H groups in total. The van der Waals surface area contributed by atoms with Crippen LogP contribution in [0.3, 0.4) is 0 Å². The second kappa shape index (κ2) is 5.72. The molecule has 120 valence electrons. The molecular weight excluding hydrogens is 282 g/mol. The topological polar surface area (TPSA) is 81.3 Å². The fraction of sp³-hybridized carbons (Fsp3) is 0.667. The Morgan fingerprint density at radius 2 is 2.23 bits per heavy atom. The van der Waals surface area contributed by atoms with Crippen LogP contribution in [0.2, 0.25) is 0 Å². The number of imidazole rings is 1. The minimum atomic E-state index is -0.809. The Morgan fingerprint density at radius 3 is 2.77 bits per heavy atom. The van der Waals surface area contributed by atoms with Crippen LogP contribution in [0.4, 0.5) is 0 Å². The van der Waals surface area contributed by atoms with E-state index in [9.17, 15) is 9.59 Å². The van der Waals surface area contributed by atoms with Gasteiger partial charge in [0.2, 0.25) is 11.8 Å². The fourth-order valence-corrected chi connectivity index (χ4v) is 3.31. The molecule has 22 heavy (non-hydrogen) atoms. The summed E-state index contributed by atoms with van der Waals surface area (Å²) in [4.78, 5) is 36.5. The van der Waals surface area contributed by atoms with Crippen LogP contribution in [0.25, 0.3) is 0 Å². The molecule has 0 spiro atoms. The molecule has 0 aromatic carbocycles. The predicted molar refractivity (Wildman–Crippen MR) is 80.9 cm³/mol. The molecule has 1 saturated carbocycles. The molecule has 2 aliphatic rings. The summed E-state index contributed by atoms with van der Waals surface area (Å²) >= 11 is 0. The number of rotatable bonds is 4. The number of nitrogens with zero attached hydrogens (tertiary/aromatic N) is 3. The number of carbonyl (C=O) groups excluding carboxylic acids is 2. The quantitative estimate of drug-likeness (QED) is 0.776. The van der Waals surface area contributed by atoms with Crippen molar-refractivity contribution in [2.45, 2.75) is 25.8 Å². The fourth-order valence-electron chi connectivity index (χ4n) is 3.31. The molecule has 0 radical (unpaired) electrons. The average molecular weight is 305 g/mol. The highest BCUT2D eigenvalue weighted by atomic mass is 16.2. The molecule has 1 atom stereocenters. The molecule has 0 unspecified atom stereocenters. The second-order valence-electron chi connectivity index (χ2n) is 6.03. The molecule has 2 heterocycles. The number of hydrogen-bond donors (Lipinski definition) is 2. The molecule has 2 amide bonds. The highest BCUT2D eigenvalue weighted by Gasteiger charge is 2.58. The van der Waals surface area contributed by atoms with Crippen LogP contribution in [0.1, 0.15) is 31.6 Å². The monoisotopic (exact) mass is 305 g/mol. The summed E-state index contributed by atoms with van der Waals surface area (Å²) in [5.74, 6) is 0.702. The smallest absolute Gasteiger partial charge is 0.238 e. The number of aromatic amines is 1. The molecule has 7 nitrogen and oxygen atoms in total. The van der Waals surface area contributed by atoms with Crippen LogP contribution in [-0.2, 0) is 9.59 Å². The summed E-state index contributed by atoms with van der Waals surface area (Å²) in [5, 5.41) is 2.63. The first kappa shape index (κ1) is 15.0. The third kappa shape index (κ3) is 2.39. The Morgan fingerprint density at radius 1 is 1.45 bits per heavy atom. The summed E-state index contributed by atoms with van der Waals surface area (Å²) in [5.41, 5.74) is -0.809. The zero-order valence-electron chi connectivity index (χ0n) is 13.1. The largest absolute Gasteiger partial charge is 0.358 e. The van der Waals surface area contributed by atoms with Gasteiger partial charge in [0, 0.05) is 39.1 Å². The van der Waals surface area contributed by atoms with Crippen LogP contribution in [-0.4, -0.2) is 64.8 Å². The summed E-state index contributed by atoms with van der Waals surface area (Å²) in [6.07, 6.45) is 4.85. The second-order valence-corrected chi connectivity index (χ2v) is 6.03. The third-order valence-electron chi connectivity index (χ3n) is 4.84.